The molecule has 72 valence electrons. The van der Waals surface area contributed by atoms with Gasteiger partial charge in [-0.3, -0.25) is 4.98 Å². The van der Waals surface area contributed by atoms with Crippen molar-refractivity contribution in [1.82, 2.24) is 9.71 Å². The molecule has 13 heavy (non-hydrogen) atoms. The van der Waals surface area contributed by atoms with Gasteiger partial charge in [-0.1, -0.05) is 0 Å². The first-order chi connectivity index (χ1) is 5.97. The van der Waals surface area contributed by atoms with Crippen LogP contribution in [-0.2, 0) is 16.8 Å². The molecule has 0 amide bonds. The normalized spacial score (nSPS) is 11.5. The van der Waals surface area contributed by atoms with Gasteiger partial charge in [-0.05, 0) is 24.6 Å². The minimum atomic E-state index is -3.63. The second-order valence-electron chi connectivity index (χ2n) is 2.69. The van der Waals surface area contributed by atoms with Crippen molar-refractivity contribution in [3.05, 3.63) is 29.6 Å². The molecule has 6 heteroatoms. The van der Waals surface area contributed by atoms with Crippen LogP contribution in [0.15, 0.2) is 18.3 Å². The molecule has 0 aliphatic heterocycles. The Labute approximate surface area is 77.2 Å². The van der Waals surface area contributed by atoms with Gasteiger partial charge in [-0.2, -0.15) is 13.1 Å². The van der Waals surface area contributed by atoms with Gasteiger partial charge < -0.3 is 0 Å². The lowest BCUT2D eigenvalue weighted by Gasteiger charge is -2.01. The molecule has 0 unspecified atom stereocenters. The lowest BCUT2D eigenvalue weighted by molar-refractivity contribution is 0.582. The van der Waals surface area contributed by atoms with E-state index in [1.165, 1.54) is 0 Å². The highest BCUT2D eigenvalue weighted by Crippen LogP contribution is 1.99. The van der Waals surface area contributed by atoms with E-state index >= 15 is 0 Å². The monoisotopic (exact) mass is 201 g/mol. The maximum atomic E-state index is 10.5. The molecule has 1 aromatic heterocycles. The van der Waals surface area contributed by atoms with Crippen molar-refractivity contribution in [2.75, 3.05) is 0 Å². The van der Waals surface area contributed by atoms with Gasteiger partial charge in [0.25, 0.3) is 10.2 Å². The minimum absolute atomic E-state index is 0.126. The summed E-state index contributed by atoms with van der Waals surface area (Å²) in [5, 5.41) is 4.75. The molecule has 0 fully saturated rings. The molecule has 3 N–H and O–H groups in total. The molecule has 1 rings (SSSR count). The summed E-state index contributed by atoms with van der Waals surface area (Å²) < 4.78 is 23.2. The van der Waals surface area contributed by atoms with Gasteiger partial charge in [0.05, 0.1) is 12.2 Å². The Morgan fingerprint density at radius 1 is 1.62 bits per heavy atom. The summed E-state index contributed by atoms with van der Waals surface area (Å²) >= 11 is 0. The molecule has 0 aliphatic carbocycles. The van der Waals surface area contributed by atoms with Crippen LogP contribution in [0.3, 0.4) is 0 Å². The molecule has 0 saturated heterocycles. The summed E-state index contributed by atoms with van der Waals surface area (Å²) in [6.07, 6.45) is 1.62. The highest BCUT2D eigenvalue weighted by Gasteiger charge is 2.01. The van der Waals surface area contributed by atoms with E-state index < -0.39 is 10.2 Å². The van der Waals surface area contributed by atoms with Gasteiger partial charge in [-0.25, -0.2) is 5.14 Å². The van der Waals surface area contributed by atoms with Crippen LogP contribution in [0.1, 0.15) is 11.3 Å². The Balaban J connectivity index is 2.65. The van der Waals surface area contributed by atoms with Crippen LogP contribution in [0.4, 0.5) is 0 Å². The summed E-state index contributed by atoms with van der Waals surface area (Å²) in [5.74, 6) is 0. The van der Waals surface area contributed by atoms with Gasteiger partial charge in [0, 0.05) is 6.20 Å². The maximum absolute atomic E-state index is 10.5. The van der Waals surface area contributed by atoms with Crippen molar-refractivity contribution in [3.63, 3.8) is 0 Å². The molecule has 1 heterocycles. The van der Waals surface area contributed by atoms with Crippen LogP contribution in [0.5, 0.6) is 0 Å². The highest BCUT2D eigenvalue weighted by molar-refractivity contribution is 7.87. The Bertz CT molecular complexity index is 388. The largest absolute Gasteiger partial charge is 0.274 e. The number of hydrogen-bond donors (Lipinski definition) is 2. The molecule has 1 aromatic rings. The Hall–Kier alpha value is -0.980. The summed E-state index contributed by atoms with van der Waals surface area (Å²) in [6.45, 7) is 2.03. The summed E-state index contributed by atoms with van der Waals surface area (Å²) in [6, 6.07) is 3.62. The van der Waals surface area contributed by atoms with Crippen molar-refractivity contribution in [2.24, 2.45) is 5.14 Å². The van der Waals surface area contributed by atoms with Crippen LogP contribution in [0.25, 0.3) is 0 Å². The van der Waals surface area contributed by atoms with Crippen molar-refractivity contribution < 1.29 is 8.42 Å². The first-order valence-corrected chi connectivity index (χ1v) is 5.21. The Morgan fingerprint density at radius 3 is 2.85 bits per heavy atom. The van der Waals surface area contributed by atoms with E-state index in [4.69, 9.17) is 5.14 Å². The fraction of sp³-hybridized carbons (Fsp3) is 0.286. The lowest BCUT2D eigenvalue weighted by atomic mass is 10.2. The summed E-state index contributed by atoms with van der Waals surface area (Å²) in [7, 11) is -3.63. The fourth-order valence-corrected chi connectivity index (χ4v) is 1.22. The average molecular weight is 201 g/mol. The zero-order valence-electron chi connectivity index (χ0n) is 7.19. The lowest BCUT2D eigenvalue weighted by Crippen LogP contribution is -2.30. The molecule has 0 aliphatic rings. The van der Waals surface area contributed by atoms with E-state index in [1.54, 1.807) is 12.3 Å². The van der Waals surface area contributed by atoms with Crippen LogP contribution in [-0.4, -0.2) is 13.4 Å². The number of nitrogens with two attached hydrogens (primary N) is 1. The third-order valence-corrected chi connectivity index (χ3v) is 1.97. The smallest absolute Gasteiger partial charge is 0.260 e. The van der Waals surface area contributed by atoms with E-state index in [0.29, 0.717) is 5.69 Å². The van der Waals surface area contributed by atoms with E-state index in [9.17, 15) is 8.42 Å². The number of hydrogen-bond acceptors (Lipinski definition) is 3. The molecule has 0 spiro atoms. The van der Waals surface area contributed by atoms with Crippen LogP contribution in [0.2, 0.25) is 0 Å². The Kier molecular flexibility index (Phi) is 2.97. The number of aromatic nitrogens is 1. The van der Waals surface area contributed by atoms with Crippen molar-refractivity contribution in [1.29, 1.82) is 0 Å². The van der Waals surface area contributed by atoms with Gasteiger partial charge in [0.15, 0.2) is 0 Å². The standard InChI is InChI=1S/C7H11N3O2S/c1-6-2-3-9-7(4-6)5-10-13(8,11)12/h2-4,10H,5H2,1H3,(H2,8,11,12). The predicted molar refractivity (Wildman–Crippen MR) is 48.9 cm³/mol. The van der Waals surface area contributed by atoms with Gasteiger partial charge >= 0.3 is 0 Å². The number of rotatable bonds is 3. The van der Waals surface area contributed by atoms with Crippen molar-refractivity contribution >= 4 is 10.2 Å². The van der Waals surface area contributed by atoms with Gasteiger partial charge in [-0.15, -0.1) is 0 Å². The molecule has 0 bridgehead atoms. The number of nitrogens with zero attached hydrogens (tertiary/aromatic N) is 1. The first-order valence-electron chi connectivity index (χ1n) is 3.66. The molecular weight excluding hydrogens is 190 g/mol. The van der Waals surface area contributed by atoms with Crippen molar-refractivity contribution in [2.45, 2.75) is 13.5 Å². The number of pyridine rings is 1. The first kappa shape index (κ1) is 10.1. The summed E-state index contributed by atoms with van der Waals surface area (Å²) in [5.41, 5.74) is 1.68. The molecular formula is C7H11N3O2S. The average Bonchev–Trinajstić information content (AvgIpc) is 2.00. The van der Waals surface area contributed by atoms with E-state index in [2.05, 4.69) is 9.71 Å². The van der Waals surface area contributed by atoms with Crippen LogP contribution < -0.4 is 9.86 Å². The molecule has 5 nitrogen and oxygen atoms in total. The summed E-state index contributed by atoms with van der Waals surface area (Å²) in [4.78, 5) is 3.96. The van der Waals surface area contributed by atoms with E-state index in [0.717, 1.165) is 5.56 Å². The zero-order chi connectivity index (χ0) is 9.90. The third kappa shape index (κ3) is 3.97. The Morgan fingerprint density at radius 2 is 2.31 bits per heavy atom. The van der Waals surface area contributed by atoms with Gasteiger partial charge in [0.2, 0.25) is 0 Å². The SMILES string of the molecule is Cc1ccnc(CNS(N)(=O)=O)c1. The molecule has 0 radical (unpaired) electrons. The van der Waals surface area contributed by atoms with E-state index in [-0.39, 0.29) is 6.54 Å². The van der Waals surface area contributed by atoms with Crippen LogP contribution in [0, 0.1) is 6.92 Å². The third-order valence-electron chi connectivity index (χ3n) is 1.43. The fourth-order valence-electron chi connectivity index (χ4n) is 0.870. The maximum Gasteiger partial charge on any atom is 0.274 e. The molecule has 0 saturated carbocycles. The second-order valence-corrected chi connectivity index (χ2v) is 4.07. The van der Waals surface area contributed by atoms with Crippen LogP contribution >= 0.6 is 0 Å². The minimum Gasteiger partial charge on any atom is -0.260 e. The predicted octanol–water partition coefficient (Wildman–Crippen LogP) is -0.317. The van der Waals surface area contributed by atoms with E-state index in [1.807, 2.05) is 13.0 Å². The van der Waals surface area contributed by atoms with Gasteiger partial charge in [0.1, 0.15) is 0 Å². The quantitative estimate of drug-likeness (QED) is 0.703. The molecule has 0 atom stereocenters. The zero-order valence-corrected chi connectivity index (χ0v) is 8.00. The second kappa shape index (κ2) is 3.82. The topological polar surface area (TPSA) is 85.1 Å². The number of nitrogens with one attached hydrogen (secondary N) is 1. The molecule has 0 aromatic carbocycles. The number of aryl methyl sites for hydroxylation is 1. The van der Waals surface area contributed by atoms with Crippen molar-refractivity contribution in [3.8, 4) is 0 Å². The highest BCUT2D eigenvalue weighted by atomic mass is 32.2.